The lowest BCUT2D eigenvalue weighted by Crippen LogP contribution is -1.93. The van der Waals surface area contributed by atoms with Gasteiger partial charge in [0, 0.05) is 0 Å². The fourth-order valence-electron chi connectivity index (χ4n) is 7.35. The average Bonchev–Trinajstić information content (AvgIpc) is 3.13. The molecule has 0 aliphatic heterocycles. The van der Waals surface area contributed by atoms with E-state index in [1.165, 1.54) is 87.6 Å². The highest BCUT2D eigenvalue weighted by molar-refractivity contribution is 6.24. The van der Waals surface area contributed by atoms with Crippen molar-refractivity contribution in [2.45, 2.75) is 0 Å². The zero-order valence-corrected chi connectivity index (χ0v) is 25.3. The molecule has 9 aromatic rings. The number of benzene rings is 9. The molecule has 0 atom stereocenters. The molecule has 0 bridgehead atoms. The summed E-state index contributed by atoms with van der Waals surface area (Å²) in [7, 11) is 0. The number of hydrogen-bond donors (Lipinski definition) is 0. The van der Waals surface area contributed by atoms with Gasteiger partial charge in [0.1, 0.15) is 0 Å². The fourth-order valence-corrected chi connectivity index (χ4v) is 7.35. The summed E-state index contributed by atoms with van der Waals surface area (Å²) in [5.41, 5.74) is 9.98. The van der Waals surface area contributed by atoms with Crippen LogP contribution in [0.5, 0.6) is 0 Å². The van der Waals surface area contributed by atoms with Crippen molar-refractivity contribution in [1.29, 1.82) is 0 Å². The molecule has 0 spiro atoms. The van der Waals surface area contributed by atoms with E-state index in [0.29, 0.717) is 0 Å². The maximum Gasteiger partial charge on any atom is -0.00199 e. The third kappa shape index (κ3) is 4.30. The summed E-state index contributed by atoms with van der Waals surface area (Å²) in [6, 6.07) is 66.6. The summed E-state index contributed by atoms with van der Waals surface area (Å²) in [5, 5.41) is 10.1. The van der Waals surface area contributed by atoms with Crippen molar-refractivity contribution in [3.05, 3.63) is 182 Å². The minimum Gasteiger partial charge on any atom is -0.0622 e. The molecule has 0 aliphatic carbocycles. The van der Waals surface area contributed by atoms with E-state index in [2.05, 4.69) is 182 Å². The summed E-state index contributed by atoms with van der Waals surface area (Å²) >= 11 is 0. The topological polar surface area (TPSA) is 0 Å². The van der Waals surface area contributed by atoms with E-state index in [-0.39, 0.29) is 0 Å². The van der Waals surface area contributed by atoms with Gasteiger partial charge in [0.15, 0.2) is 0 Å². The first-order valence-corrected chi connectivity index (χ1v) is 15.9. The lowest BCUT2D eigenvalue weighted by molar-refractivity contribution is 1.62. The highest BCUT2D eigenvalue weighted by Gasteiger charge is 2.19. The van der Waals surface area contributed by atoms with E-state index in [0.717, 1.165) is 0 Å². The maximum atomic E-state index is 2.41. The second-order valence-electron chi connectivity index (χ2n) is 12.1. The Labute approximate surface area is 268 Å². The standard InChI is InChI=1S/C46H30/c1-2-13-31(14-3-1)34-27-28-43-44(30-34)46(40-26-12-18-33-16-5-7-22-38(33)40)42-24-9-8-23-41(42)45(43)36-20-10-19-35(29-36)39-25-11-17-32-15-4-6-21-37(32)39/h1-30H. The minimum absolute atomic E-state index is 1.22. The van der Waals surface area contributed by atoms with Gasteiger partial charge in [-0.2, -0.15) is 0 Å². The Morgan fingerprint density at radius 2 is 0.717 bits per heavy atom. The summed E-state index contributed by atoms with van der Waals surface area (Å²) < 4.78 is 0. The van der Waals surface area contributed by atoms with Crippen LogP contribution in [0.25, 0.3) is 87.6 Å². The Morgan fingerprint density at radius 1 is 0.217 bits per heavy atom. The highest BCUT2D eigenvalue weighted by Crippen LogP contribution is 2.47. The van der Waals surface area contributed by atoms with Gasteiger partial charge in [-0.05, 0) is 99.7 Å². The predicted molar refractivity (Wildman–Crippen MR) is 198 cm³/mol. The van der Waals surface area contributed by atoms with Crippen LogP contribution in [0.2, 0.25) is 0 Å². The van der Waals surface area contributed by atoms with E-state index in [1.54, 1.807) is 0 Å². The minimum atomic E-state index is 1.22. The molecule has 0 unspecified atom stereocenters. The Bertz CT molecular complexity index is 2560. The maximum absolute atomic E-state index is 2.41. The molecule has 0 radical (unpaired) electrons. The fraction of sp³-hybridized carbons (Fsp3) is 0. The first-order chi connectivity index (χ1) is 22.8. The van der Waals surface area contributed by atoms with E-state index in [9.17, 15) is 0 Å². The van der Waals surface area contributed by atoms with Crippen LogP contribution < -0.4 is 0 Å². The van der Waals surface area contributed by atoms with Crippen molar-refractivity contribution in [3.8, 4) is 44.5 Å². The lowest BCUT2D eigenvalue weighted by atomic mass is 9.83. The molecule has 214 valence electrons. The van der Waals surface area contributed by atoms with Crippen molar-refractivity contribution < 1.29 is 0 Å². The molecule has 0 N–H and O–H groups in total. The predicted octanol–water partition coefficient (Wildman–Crippen LogP) is 13.0. The van der Waals surface area contributed by atoms with Gasteiger partial charge in [0.2, 0.25) is 0 Å². The second-order valence-corrected chi connectivity index (χ2v) is 12.1. The van der Waals surface area contributed by atoms with Crippen molar-refractivity contribution in [1.82, 2.24) is 0 Å². The first kappa shape index (κ1) is 26.4. The van der Waals surface area contributed by atoms with Gasteiger partial charge in [-0.1, -0.05) is 170 Å². The summed E-state index contributed by atoms with van der Waals surface area (Å²) in [6.45, 7) is 0. The van der Waals surface area contributed by atoms with Crippen molar-refractivity contribution in [2.75, 3.05) is 0 Å². The van der Waals surface area contributed by atoms with Gasteiger partial charge in [-0.3, -0.25) is 0 Å². The molecule has 0 fully saturated rings. The van der Waals surface area contributed by atoms with Crippen LogP contribution in [0.4, 0.5) is 0 Å². The van der Waals surface area contributed by atoms with E-state index >= 15 is 0 Å². The average molecular weight is 583 g/mol. The third-order valence-electron chi connectivity index (χ3n) is 9.44. The zero-order valence-electron chi connectivity index (χ0n) is 25.3. The molecule has 46 heavy (non-hydrogen) atoms. The Balaban J connectivity index is 1.39. The molecule has 0 aliphatic rings. The summed E-state index contributed by atoms with van der Waals surface area (Å²) in [4.78, 5) is 0. The van der Waals surface area contributed by atoms with E-state index in [4.69, 9.17) is 0 Å². The molecule has 0 heterocycles. The largest absolute Gasteiger partial charge is 0.0622 e. The smallest absolute Gasteiger partial charge is 0.00199 e. The molecular formula is C46H30. The van der Waals surface area contributed by atoms with Crippen molar-refractivity contribution >= 4 is 43.1 Å². The van der Waals surface area contributed by atoms with Crippen molar-refractivity contribution in [3.63, 3.8) is 0 Å². The molecule has 0 saturated carbocycles. The van der Waals surface area contributed by atoms with E-state index in [1.807, 2.05) is 0 Å². The number of rotatable bonds is 4. The molecule has 0 aromatic heterocycles. The molecule has 9 rings (SSSR count). The summed E-state index contributed by atoms with van der Waals surface area (Å²) in [6.07, 6.45) is 0. The zero-order chi connectivity index (χ0) is 30.5. The normalized spacial score (nSPS) is 11.5. The highest BCUT2D eigenvalue weighted by atomic mass is 14.2. The molecule has 0 amide bonds. The van der Waals surface area contributed by atoms with Crippen LogP contribution in [-0.2, 0) is 0 Å². The summed E-state index contributed by atoms with van der Waals surface area (Å²) in [5.74, 6) is 0. The quantitative estimate of drug-likeness (QED) is 0.181. The van der Waals surface area contributed by atoms with Crippen molar-refractivity contribution in [2.24, 2.45) is 0 Å². The van der Waals surface area contributed by atoms with Crippen LogP contribution in [-0.4, -0.2) is 0 Å². The second kappa shape index (κ2) is 10.9. The lowest BCUT2D eigenvalue weighted by Gasteiger charge is -2.20. The van der Waals surface area contributed by atoms with Crippen LogP contribution in [0.1, 0.15) is 0 Å². The number of fused-ring (bicyclic) bond motifs is 4. The van der Waals surface area contributed by atoms with Gasteiger partial charge < -0.3 is 0 Å². The van der Waals surface area contributed by atoms with Crippen LogP contribution in [0, 0.1) is 0 Å². The monoisotopic (exact) mass is 582 g/mol. The first-order valence-electron chi connectivity index (χ1n) is 15.9. The van der Waals surface area contributed by atoms with Gasteiger partial charge in [0.25, 0.3) is 0 Å². The van der Waals surface area contributed by atoms with Crippen LogP contribution >= 0.6 is 0 Å². The Kier molecular flexibility index (Phi) is 6.25. The molecule has 9 aromatic carbocycles. The van der Waals surface area contributed by atoms with Gasteiger partial charge in [0.05, 0.1) is 0 Å². The Hall–Kier alpha value is -5.98. The van der Waals surface area contributed by atoms with Gasteiger partial charge in [-0.25, -0.2) is 0 Å². The molecule has 0 saturated heterocycles. The SMILES string of the molecule is c1ccc(-c2ccc3c(-c4cccc(-c5cccc6ccccc56)c4)c4ccccc4c(-c4cccc5ccccc45)c3c2)cc1. The molecule has 0 heteroatoms. The van der Waals surface area contributed by atoms with Gasteiger partial charge in [-0.15, -0.1) is 0 Å². The Morgan fingerprint density at radius 3 is 1.46 bits per heavy atom. The van der Waals surface area contributed by atoms with Crippen LogP contribution in [0.3, 0.4) is 0 Å². The van der Waals surface area contributed by atoms with Crippen LogP contribution in [0.15, 0.2) is 182 Å². The number of hydrogen-bond acceptors (Lipinski definition) is 0. The molecule has 0 nitrogen and oxygen atoms in total. The third-order valence-corrected chi connectivity index (χ3v) is 9.44. The molecular weight excluding hydrogens is 553 g/mol. The van der Waals surface area contributed by atoms with Gasteiger partial charge >= 0.3 is 0 Å². The van der Waals surface area contributed by atoms with E-state index < -0.39 is 0 Å².